The molecule has 1 N–H and O–H groups in total. The fourth-order valence-electron chi connectivity index (χ4n) is 3.91. The molecular formula is C22H31N5O2. The standard InChI is InChI=1S/C22H31N5O2/c1-5-25(6-2)22(29)26-12-8-9-18(15-26)21(28)23-19-10-7-11-20(14-19)27-17(4)13-16(3)24-27/h7,10-11,13-14,18H,5-6,8-9,12,15H2,1-4H3,(H,23,28). The zero-order chi connectivity index (χ0) is 21.0. The summed E-state index contributed by atoms with van der Waals surface area (Å²) in [6.07, 6.45) is 1.64. The molecule has 1 aliphatic rings. The summed E-state index contributed by atoms with van der Waals surface area (Å²) >= 11 is 0. The van der Waals surface area contributed by atoms with Crippen LogP contribution in [-0.2, 0) is 4.79 Å². The molecule has 2 aromatic rings. The van der Waals surface area contributed by atoms with Gasteiger partial charge in [-0.3, -0.25) is 4.79 Å². The first kappa shape index (κ1) is 20.9. The number of benzene rings is 1. The molecule has 0 bridgehead atoms. The first-order valence-corrected chi connectivity index (χ1v) is 10.4. The van der Waals surface area contributed by atoms with Crippen molar-refractivity contribution in [3.8, 4) is 5.69 Å². The van der Waals surface area contributed by atoms with Crippen molar-refractivity contribution < 1.29 is 9.59 Å². The predicted octanol–water partition coefficient (Wildman–Crippen LogP) is 3.60. The zero-order valence-electron chi connectivity index (χ0n) is 17.8. The Morgan fingerprint density at radius 1 is 1.21 bits per heavy atom. The number of urea groups is 1. The highest BCUT2D eigenvalue weighted by molar-refractivity contribution is 5.93. The van der Waals surface area contributed by atoms with Crippen LogP contribution in [0.3, 0.4) is 0 Å². The number of carbonyl (C=O) groups is 2. The molecule has 7 heteroatoms. The van der Waals surface area contributed by atoms with Crippen LogP contribution in [0.5, 0.6) is 0 Å². The molecule has 0 saturated carbocycles. The van der Waals surface area contributed by atoms with Crippen LogP contribution in [0.1, 0.15) is 38.1 Å². The number of hydrogen-bond acceptors (Lipinski definition) is 3. The Morgan fingerprint density at radius 2 is 1.97 bits per heavy atom. The number of aromatic nitrogens is 2. The van der Waals surface area contributed by atoms with E-state index in [1.807, 2.05) is 67.6 Å². The van der Waals surface area contributed by atoms with Crippen molar-refractivity contribution in [2.75, 3.05) is 31.5 Å². The van der Waals surface area contributed by atoms with Gasteiger partial charge >= 0.3 is 6.03 Å². The SMILES string of the molecule is CCN(CC)C(=O)N1CCCC(C(=O)Nc2cccc(-n3nc(C)cc3C)c2)C1. The summed E-state index contributed by atoms with van der Waals surface area (Å²) in [4.78, 5) is 29.1. The van der Waals surface area contributed by atoms with Crippen LogP contribution in [0, 0.1) is 19.8 Å². The lowest BCUT2D eigenvalue weighted by Gasteiger charge is -2.35. The van der Waals surface area contributed by atoms with Gasteiger partial charge in [0.25, 0.3) is 0 Å². The van der Waals surface area contributed by atoms with E-state index in [2.05, 4.69) is 10.4 Å². The third kappa shape index (κ3) is 4.78. The summed E-state index contributed by atoms with van der Waals surface area (Å²) in [5.41, 5.74) is 3.66. The van der Waals surface area contributed by atoms with Gasteiger partial charge in [0.2, 0.25) is 5.91 Å². The average molecular weight is 398 g/mol. The van der Waals surface area contributed by atoms with E-state index < -0.39 is 0 Å². The predicted molar refractivity (Wildman–Crippen MR) is 114 cm³/mol. The van der Waals surface area contributed by atoms with Gasteiger partial charge in [-0.2, -0.15) is 5.10 Å². The molecule has 2 heterocycles. The van der Waals surface area contributed by atoms with E-state index >= 15 is 0 Å². The highest BCUT2D eigenvalue weighted by Gasteiger charge is 2.30. The number of piperidine rings is 1. The fraction of sp³-hybridized carbons (Fsp3) is 0.500. The smallest absolute Gasteiger partial charge is 0.320 e. The molecule has 0 aliphatic carbocycles. The van der Waals surface area contributed by atoms with Gasteiger partial charge in [-0.25, -0.2) is 9.48 Å². The minimum Gasteiger partial charge on any atom is -0.326 e. The van der Waals surface area contributed by atoms with Gasteiger partial charge in [0.05, 0.1) is 17.3 Å². The van der Waals surface area contributed by atoms with E-state index in [4.69, 9.17) is 0 Å². The van der Waals surface area contributed by atoms with Gasteiger partial charge < -0.3 is 15.1 Å². The van der Waals surface area contributed by atoms with Crippen LogP contribution >= 0.6 is 0 Å². The molecule has 0 radical (unpaired) electrons. The van der Waals surface area contributed by atoms with E-state index in [1.165, 1.54) is 0 Å². The Morgan fingerprint density at radius 3 is 2.62 bits per heavy atom. The monoisotopic (exact) mass is 397 g/mol. The van der Waals surface area contributed by atoms with Crippen molar-refractivity contribution in [1.82, 2.24) is 19.6 Å². The first-order valence-electron chi connectivity index (χ1n) is 10.4. The number of anilines is 1. The van der Waals surface area contributed by atoms with Crippen LogP contribution in [-0.4, -0.2) is 57.7 Å². The molecule has 1 aromatic carbocycles. The maximum atomic E-state index is 12.9. The molecule has 1 fully saturated rings. The first-order chi connectivity index (χ1) is 13.9. The third-order valence-electron chi connectivity index (χ3n) is 5.46. The minimum atomic E-state index is -0.194. The normalized spacial score (nSPS) is 16.6. The van der Waals surface area contributed by atoms with E-state index in [0.29, 0.717) is 26.2 Å². The van der Waals surface area contributed by atoms with Gasteiger partial charge in [-0.1, -0.05) is 6.07 Å². The third-order valence-corrected chi connectivity index (χ3v) is 5.46. The van der Waals surface area contributed by atoms with E-state index in [1.54, 1.807) is 4.90 Å². The van der Waals surface area contributed by atoms with Crippen molar-refractivity contribution in [3.63, 3.8) is 0 Å². The molecule has 29 heavy (non-hydrogen) atoms. The second-order valence-electron chi connectivity index (χ2n) is 7.62. The van der Waals surface area contributed by atoms with Crippen LogP contribution < -0.4 is 5.32 Å². The molecule has 1 saturated heterocycles. The van der Waals surface area contributed by atoms with Gasteiger partial charge in [0.15, 0.2) is 0 Å². The number of rotatable bonds is 5. The van der Waals surface area contributed by atoms with Crippen LogP contribution in [0.15, 0.2) is 30.3 Å². The Balaban J connectivity index is 1.68. The lowest BCUT2D eigenvalue weighted by molar-refractivity contribution is -0.121. The zero-order valence-corrected chi connectivity index (χ0v) is 17.8. The number of amides is 3. The second kappa shape index (κ2) is 9.11. The number of carbonyl (C=O) groups excluding carboxylic acids is 2. The molecule has 0 spiro atoms. The van der Waals surface area contributed by atoms with Gasteiger partial charge in [0, 0.05) is 37.6 Å². The van der Waals surface area contributed by atoms with Gasteiger partial charge in [-0.15, -0.1) is 0 Å². The fourth-order valence-corrected chi connectivity index (χ4v) is 3.91. The minimum absolute atomic E-state index is 0.0269. The number of nitrogens with one attached hydrogen (secondary N) is 1. The highest BCUT2D eigenvalue weighted by Crippen LogP contribution is 2.22. The van der Waals surface area contributed by atoms with Crippen molar-refractivity contribution in [1.29, 1.82) is 0 Å². The van der Waals surface area contributed by atoms with Crippen molar-refractivity contribution >= 4 is 17.6 Å². The van der Waals surface area contributed by atoms with Crippen LogP contribution in [0.2, 0.25) is 0 Å². The van der Waals surface area contributed by atoms with Gasteiger partial charge in [-0.05, 0) is 64.8 Å². The van der Waals surface area contributed by atoms with Crippen LogP contribution in [0.4, 0.5) is 10.5 Å². The van der Waals surface area contributed by atoms with Crippen molar-refractivity contribution in [2.45, 2.75) is 40.5 Å². The van der Waals surface area contributed by atoms with Gasteiger partial charge in [0.1, 0.15) is 0 Å². The van der Waals surface area contributed by atoms with E-state index in [-0.39, 0.29) is 17.9 Å². The molecule has 1 unspecified atom stereocenters. The molecule has 1 aromatic heterocycles. The quantitative estimate of drug-likeness (QED) is 0.838. The largest absolute Gasteiger partial charge is 0.326 e. The second-order valence-corrected chi connectivity index (χ2v) is 7.62. The highest BCUT2D eigenvalue weighted by atomic mass is 16.2. The summed E-state index contributed by atoms with van der Waals surface area (Å²) in [6.45, 7) is 10.5. The maximum Gasteiger partial charge on any atom is 0.320 e. The molecule has 1 aliphatic heterocycles. The Kier molecular flexibility index (Phi) is 6.56. The van der Waals surface area contributed by atoms with Crippen molar-refractivity contribution in [3.05, 3.63) is 41.7 Å². The Hall–Kier alpha value is -2.83. The number of aryl methyl sites for hydroxylation is 2. The molecule has 7 nitrogen and oxygen atoms in total. The summed E-state index contributed by atoms with van der Waals surface area (Å²) in [5, 5.41) is 7.54. The maximum absolute atomic E-state index is 12.9. The molecule has 1 atom stereocenters. The summed E-state index contributed by atoms with van der Waals surface area (Å²) in [7, 11) is 0. The summed E-state index contributed by atoms with van der Waals surface area (Å²) in [5.74, 6) is -0.229. The molecule has 156 valence electrons. The number of hydrogen-bond donors (Lipinski definition) is 1. The number of nitrogens with zero attached hydrogens (tertiary/aromatic N) is 4. The van der Waals surface area contributed by atoms with Crippen LogP contribution in [0.25, 0.3) is 5.69 Å². The average Bonchev–Trinajstić information content (AvgIpc) is 3.07. The Bertz CT molecular complexity index is 872. The number of likely N-dealkylation sites (tertiary alicyclic amines) is 1. The lowest BCUT2D eigenvalue weighted by Crippen LogP contribution is -2.49. The Labute approximate surface area is 172 Å². The van der Waals surface area contributed by atoms with E-state index in [0.717, 1.165) is 35.6 Å². The molecule has 3 rings (SSSR count). The summed E-state index contributed by atoms with van der Waals surface area (Å²) in [6, 6.07) is 9.75. The topological polar surface area (TPSA) is 70.5 Å². The molecular weight excluding hydrogens is 366 g/mol. The van der Waals surface area contributed by atoms with E-state index in [9.17, 15) is 9.59 Å². The summed E-state index contributed by atoms with van der Waals surface area (Å²) < 4.78 is 1.87. The van der Waals surface area contributed by atoms with Crippen molar-refractivity contribution in [2.24, 2.45) is 5.92 Å². The lowest BCUT2D eigenvalue weighted by atomic mass is 9.97. The molecule has 3 amide bonds.